The van der Waals surface area contributed by atoms with Crippen molar-refractivity contribution in [1.82, 2.24) is 14.1 Å². The Bertz CT molecular complexity index is 2990. The number of benzene rings is 8. The van der Waals surface area contributed by atoms with E-state index in [1.807, 2.05) is 0 Å². The van der Waals surface area contributed by atoms with Crippen molar-refractivity contribution in [1.29, 1.82) is 0 Å². The minimum Gasteiger partial charge on any atom is -0.309 e. The summed E-state index contributed by atoms with van der Waals surface area (Å²) in [5.74, 6) is 0. The largest absolute Gasteiger partial charge is 0.309 e. The SMILES string of the molecule is c1ccc(-n2c3ccccc3c3cc(-c4ccc(-c5cccc(-c6ccc(-c7ccc8c(c7)c7ccccc7n8-c7ccccc7)cc6)n5)cc4)ccc32)cc1. The fourth-order valence-corrected chi connectivity index (χ4v) is 8.44. The smallest absolute Gasteiger partial charge is 0.0709 e. The molecule has 0 atom stereocenters. The van der Waals surface area contributed by atoms with Gasteiger partial charge in [-0.3, -0.25) is 0 Å². The van der Waals surface area contributed by atoms with Gasteiger partial charge in [0.25, 0.3) is 0 Å². The third-order valence-electron chi connectivity index (χ3n) is 11.2. The van der Waals surface area contributed by atoms with E-state index in [9.17, 15) is 0 Å². The number of hydrogen-bond acceptors (Lipinski definition) is 1. The molecule has 0 amide bonds. The van der Waals surface area contributed by atoms with Gasteiger partial charge in [0.2, 0.25) is 0 Å². The molecule has 0 unspecified atom stereocenters. The lowest BCUT2D eigenvalue weighted by Crippen LogP contribution is -1.92. The molecule has 0 saturated carbocycles. The van der Waals surface area contributed by atoms with Crippen LogP contribution in [0.3, 0.4) is 0 Å². The highest BCUT2D eigenvalue weighted by Crippen LogP contribution is 2.37. The predicted octanol–water partition coefficient (Wildman–Crippen LogP) is 13.9. The summed E-state index contributed by atoms with van der Waals surface area (Å²) in [5, 5.41) is 5.02. The van der Waals surface area contributed by atoms with E-state index in [1.54, 1.807) is 0 Å². The van der Waals surface area contributed by atoms with Gasteiger partial charge in [-0.25, -0.2) is 4.98 Å². The van der Waals surface area contributed by atoms with E-state index < -0.39 is 0 Å². The molecule has 56 heavy (non-hydrogen) atoms. The monoisotopic (exact) mass is 713 g/mol. The lowest BCUT2D eigenvalue weighted by molar-refractivity contribution is 1.18. The number of fused-ring (bicyclic) bond motifs is 6. The molecule has 0 bridgehead atoms. The quantitative estimate of drug-likeness (QED) is 0.168. The highest BCUT2D eigenvalue weighted by molar-refractivity contribution is 6.11. The number of hydrogen-bond donors (Lipinski definition) is 0. The van der Waals surface area contributed by atoms with E-state index in [0.29, 0.717) is 0 Å². The van der Waals surface area contributed by atoms with E-state index in [1.165, 1.54) is 77.2 Å². The van der Waals surface area contributed by atoms with Gasteiger partial charge in [-0.1, -0.05) is 140 Å². The third-order valence-corrected chi connectivity index (χ3v) is 11.2. The highest BCUT2D eigenvalue weighted by Gasteiger charge is 2.15. The van der Waals surface area contributed by atoms with Gasteiger partial charge in [0.1, 0.15) is 0 Å². The first-order chi connectivity index (χ1) is 27.8. The second-order valence-corrected chi connectivity index (χ2v) is 14.4. The zero-order valence-corrected chi connectivity index (χ0v) is 30.5. The highest BCUT2D eigenvalue weighted by atomic mass is 15.0. The minimum absolute atomic E-state index is 0.958. The van der Waals surface area contributed by atoms with E-state index in [2.05, 4.69) is 221 Å². The van der Waals surface area contributed by atoms with Gasteiger partial charge in [0, 0.05) is 44.0 Å². The van der Waals surface area contributed by atoms with Gasteiger partial charge in [0.05, 0.1) is 33.5 Å². The van der Waals surface area contributed by atoms with Crippen LogP contribution in [-0.2, 0) is 0 Å². The first-order valence-corrected chi connectivity index (χ1v) is 19.1. The second kappa shape index (κ2) is 13.1. The molecule has 11 aromatic rings. The molecular weight excluding hydrogens is 679 g/mol. The molecular formula is C53H35N3. The van der Waals surface area contributed by atoms with Crippen LogP contribution in [0.4, 0.5) is 0 Å². The van der Waals surface area contributed by atoms with E-state index in [0.717, 1.165) is 22.5 Å². The van der Waals surface area contributed by atoms with Crippen molar-refractivity contribution in [2.24, 2.45) is 0 Å². The standard InChI is InChI=1S/C53H35N3/c1-3-12-42(13-4-1)55-50-20-9-7-16-44(50)46-34-40(30-32-52(46)55)36-22-26-38(27-23-36)48-18-11-19-49(54-48)39-28-24-37(25-29-39)41-31-33-53-47(35-41)45-17-8-10-21-51(45)56(53)43-14-5-2-6-15-43/h1-35H. The van der Waals surface area contributed by atoms with Crippen molar-refractivity contribution in [3.05, 3.63) is 212 Å². The van der Waals surface area contributed by atoms with E-state index in [-0.39, 0.29) is 0 Å². The Hall–Kier alpha value is -7.49. The Labute approximate surface area is 325 Å². The molecule has 0 aliphatic rings. The zero-order chi connectivity index (χ0) is 37.0. The molecule has 0 fully saturated rings. The van der Waals surface area contributed by atoms with Crippen molar-refractivity contribution in [2.45, 2.75) is 0 Å². The van der Waals surface area contributed by atoms with Crippen molar-refractivity contribution in [3.63, 3.8) is 0 Å². The molecule has 0 aliphatic heterocycles. The Morgan fingerprint density at radius 1 is 0.250 bits per heavy atom. The molecule has 0 saturated heterocycles. The van der Waals surface area contributed by atoms with Gasteiger partial charge in [-0.2, -0.15) is 0 Å². The number of aromatic nitrogens is 3. The van der Waals surface area contributed by atoms with Gasteiger partial charge < -0.3 is 9.13 Å². The van der Waals surface area contributed by atoms with Crippen molar-refractivity contribution in [3.8, 4) is 56.1 Å². The van der Waals surface area contributed by atoms with Crippen LogP contribution in [0.15, 0.2) is 212 Å². The van der Waals surface area contributed by atoms with Gasteiger partial charge >= 0.3 is 0 Å². The summed E-state index contributed by atoms with van der Waals surface area (Å²) in [6, 6.07) is 76.1. The molecule has 8 aromatic carbocycles. The van der Waals surface area contributed by atoms with Crippen LogP contribution in [0.25, 0.3) is 99.8 Å². The number of rotatable bonds is 6. The predicted molar refractivity (Wildman–Crippen MR) is 235 cm³/mol. The summed E-state index contributed by atoms with van der Waals surface area (Å²) in [6.45, 7) is 0. The van der Waals surface area contributed by atoms with Crippen LogP contribution < -0.4 is 0 Å². The van der Waals surface area contributed by atoms with Crippen molar-refractivity contribution in [2.75, 3.05) is 0 Å². The topological polar surface area (TPSA) is 22.8 Å². The lowest BCUT2D eigenvalue weighted by atomic mass is 9.99. The molecule has 3 heteroatoms. The molecule has 262 valence electrons. The van der Waals surface area contributed by atoms with Crippen LogP contribution in [0.5, 0.6) is 0 Å². The first-order valence-electron chi connectivity index (χ1n) is 19.1. The fraction of sp³-hybridized carbons (Fsp3) is 0. The number of para-hydroxylation sites is 4. The average Bonchev–Trinajstić information content (AvgIpc) is 3.79. The normalized spacial score (nSPS) is 11.6. The van der Waals surface area contributed by atoms with E-state index >= 15 is 0 Å². The lowest BCUT2D eigenvalue weighted by Gasteiger charge is -2.09. The van der Waals surface area contributed by atoms with Crippen LogP contribution in [0, 0.1) is 0 Å². The van der Waals surface area contributed by atoms with Gasteiger partial charge in [-0.15, -0.1) is 0 Å². The van der Waals surface area contributed by atoms with Crippen LogP contribution >= 0.6 is 0 Å². The minimum atomic E-state index is 0.958. The maximum Gasteiger partial charge on any atom is 0.0709 e. The molecule has 0 N–H and O–H groups in total. The molecule has 3 aromatic heterocycles. The van der Waals surface area contributed by atoms with E-state index in [4.69, 9.17) is 4.98 Å². The Kier molecular flexibility index (Phi) is 7.49. The number of pyridine rings is 1. The average molecular weight is 714 g/mol. The third kappa shape index (κ3) is 5.32. The van der Waals surface area contributed by atoms with Crippen LogP contribution in [-0.4, -0.2) is 14.1 Å². The summed E-state index contributed by atoms with van der Waals surface area (Å²) in [5.41, 5.74) is 16.0. The summed E-state index contributed by atoms with van der Waals surface area (Å²) in [4.78, 5) is 5.13. The molecule has 3 heterocycles. The van der Waals surface area contributed by atoms with Crippen molar-refractivity contribution >= 4 is 43.6 Å². The summed E-state index contributed by atoms with van der Waals surface area (Å²) >= 11 is 0. The Morgan fingerprint density at radius 2 is 0.607 bits per heavy atom. The molecule has 0 radical (unpaired) electrons. The maximum absolute atomic E-state index is 5.13. The molecule has 3 nitrogen and oxygen atoms in total. The van der Waals surface area contributed by atoms with Gasteiger partial charge in [0.15, 0.2) is 0 Å². The molecule has 11 rings (SSSR count). The second-order valence-electron chi connectivity index (χ2n) is 14.4. The molecule has 0 aliphatic carbocycles. The summed E-state index contributed by atoms with van der Waals surface area (Å²) < 4.78 is 4.71. The summed E-state index contributed by atoms with van der Waals surface area (Å²) in [6.07, 6.45) is 0. The van der Waals surface area contributed by atoms with Crippen LogP contribution in [0.1, 0.15) is 0 Å². The van der Waals surface area contributed by atoms with Gasteiger partial charge in [-0.05, 0) is 95.1 Å². The Balaban J connectivity index is 0.880. The van der Waals surface area contributed by atoms with Crippen LogP contribution in [0.2, 0.25) is 0 Å². The summed E-state index contributed by atoms with van der Waals surface area (Å²) in [7, 11) is 0. The fourth-order valence-electron chi connectivity index (χ4n) is 8.44. The first kappa shape index (κ1) is 32.0. The Morgan fingerprint density at radius 3 is 1.05 bits per heavy atom. The van der Waals surface area contributed by atoms with Crippen molar-refractivity contribution < 1.29 is 0 Å². The zero-order valence-electron chi connectivity index (χ0n) is 30.5. The molecule has 0 spiro atoms. The maximum atomic E-state index is 5.13. The number of nitrogens with zero attached hydrogens (tertiary/aromatic N) is 3.